The number of hydrogen-bond acceptors (Lipinski definition) is 4. The van der Waals surface area contributed by atoms with Crippen LogP contribution < -0.4 is 15.4 Å². The van der Waals surface area contributed by atoms with Crippen molar-refractivity contribution in [2.45, 2.75) is 38.8 Å². The minimum absolute atomic E-state index is 0.0297. The smallest absolute Gasteiger partial charge is 0.251 e. The van der Waals surface area contributed by atoms with Gasteiger partial charge in [0, 0.05) is 37.3 Å². The quantitative estimate of drug-likeness (QED) is 0.545. The van der Waals surface area contributed by atoms with Crippen molar-refractivity contribution in [3.05, 3.63) is 101 Å². The molecule has 0 spiro atoms. The minimum atomic E-state index is -0.110. The van der Waals surface area contributed by atoms with Crippen molar-refractivity contribution >= 4 is 11.8 Å². The van der Waals surface area contributed by atoms with Gasteiger partial charge in [-0.2, -0.15) is 0 Å². The van der Waals surface area contributed by atoms with Crippen molar-refractivity contribution < 1.29 is 14.3 Å². The fourth-order valence-corrected chi connectivity index (χ4v) is 4.35. The third-order valence-electron chi connectivity index (χ3n) is 6.28. The molecule has 188 valence electrons. The van der Waals surface area contributed by atoms with Gasteiger partial charge in [-0.1, -0.05) is 66.7 Å². The van der Waals surface area contributed by atoms with Crippen LogP contribution in [0.15, 0.2) is 78.9 Å². The highest BCUT2D eigenvalue weighted by atomic mass is 16.5. The highest BCUT2D eigenvalue weighted by molar-refractivity contribution is 5.94. The molecule has 0 aromatic heterocycles. The molecule has 0 bridgehead atoms. The topological polar surface area (TPSA) is 70.7 Å². The number of hydrogen-bond donors (Lipinski definition) is 2. The Balaban J connectivity index is 1.49. The molecular weight excluding hydrogens is 450 g/mol. The van der Waals surface area contributed by atoms with Gasteiger partial charge in [0.2, 0.25) is 5.91 Å². The van der Waals surface area contributed by atoms with Crippen LogP contribution in [0.25, 0.3) is 0 Å². The maximum Gasteiger partial charge on any atom is 0.251 e. The van der Waals surface area contributed by atoms with Gasteiger partial charge in [-0.25, -0.2) is 0 Å². The zero-order valence-corrected chi connectivity index (χ0v) is 20.7. The van der Waals surface area contributed by atoms with Crippen LogP contribution >= 0.6 is 0 Å². The van der Waals surface area contributed by atoms with Crippen LogP contribution in [0, 0.1) is 0 Å². The molecule has 1 aliphatic rings. The molecule has 2 amide bonds. The van der Waals surface area contributed by atoms with Gasteiger partial charge in [-0.05, 0) is 48.9 Å². The van der Waals surface area contributed by atoms with E-state index in [1.54, 1.807) is 0 Å². The summed E-state index contributed by atoms with van der Waals surface area (Å²) >= 11 is 0. The maximum atomic E-state index is 12.9. The van der Waals surface area contributed by atoms with Crippen molar-refractivity contribution in [2.24, 2.45) is 0 Å². The van der Waals surface area contributed by atoms with E-state index in [1.807, 2.05) is 54.6 Å². The molecule has 4 rings (SSSR count). The van der Waals surface area contributed by atoms with E-state index in [4.69, 9.17) is 4.74 Å². The van der Waals surface area contributed by atoms with E-state index < -0.39 is 0 Å². The number of amides is 2. The van der Waals surface area contributed by atoms with Crippen LogP contribution in [0.2, 0.25) is 0 Å². The summed E-state index contributed by atoms with van der Waals surface area (Å²) < 4.78 is 6.18. The molecule has 0 aliphatic carbocycles. The lowest BCUT2D eigenvalue weighted by molar-refractivity contribution is -0.122. The van der Waals surface area contributed by atoms with E-state index in [9.17, 15) is 9.59 Å². The van der Waals surface area contributed by atoms with E-state index in [0.29, 0.717) is 50.6 Å². The van der Waals surface area contributed by atoms with Crippen molar-refractivity contribution in [3.63, 3.8) is 0 Å². The number of benzene rings is 3. The maximum absolute atomic E-state index is 12.9. The van der Waals surface area contributed by atoms with Crippen LogP contribution in [0.1, 0.15) is 46.3 Å². The molecule has 0 fully saturated rings. The number of carbonyl (C=O) groups is 2. The normalized spacial score (nSPS) is 15.3. The van der Waals surface area contributed by atoms with E-state index in [2.05, 4.69) is 39.8 Å². The summed E-state index contributed by atoms with van der Waals surface area (Å²) in [5, 5.41) is 6.06. The Morgan fingerprint density at radius 1 is 0.889 bits per heavy atom. The largest absolute Gasteiger partial charge is 0.493 e. The molecule has 36 heavy (non-hydrogen) atoms. The van der Waals surface area contributed by atoms with Crippen LogP contribution in [0.4, 0.5) is 0 Å². The second-order valence-electron chi connectivity index (χ2n) is 9.20. The average molecular weight is 486 g/mol. The van der Waals surface area contributed by atoms with E-state index in [1.165, 1.54) is 5.56 Å². The summed E-state index contributed by atoms with van der Waals surface area (Å²) in [7, 11) is 0. The lowest BCUT2D eigenvalue weighted by Crippen LogP contribution is -2.37. The van der Waals surface area contributed by atoms with Gasteiger partial charge in [-0.3, -0.25) is 14.5 Å². The van der Waals surface area contributed by atoms with Crippen molar-refractivity contribution in [1.82, 2.24) is 15.5 Å². The van der Waals surface area contributed by atoms with E-state index in [-0.39, 0.29) is 11.8 Å². The van der Waals surface area contributed by atoms with Gasteiger partial charge in [-0.15, -0.1) is 0 Å². The summed E-state index contributed by atoms with van der Waals surface area (Å²) in [5.74, 6) is 0.631. The fourth-order valence-electron chi connectivity index (χ4n) is 4.35. The third kappa shape index (κ3) is 7.95. The summed E-state index contributed by atoms with van der Waals surface area (Å²) in [4.78, 5) is 27.6. The molecule has 0 saturated heterocycles. The number of rotatable bonds is 6. The van der Waals surface area contributed by atoms with Gasteiger partial charge in [0.05, 0.1) is 13.2 Å². The van der Waals surface area contributed by atoms with Crippen molar-refractivity contribution in [3.8, 4) is 5.75 Å². The van der Waals surface area contributed by atoms with Crippen molar-refractivity contribution in [1.29, 1.82) is 0 Å². The van der Waals surface area contributed by atoms with Crippen LogP contribution in [-0.2, 0) is 24.3 Å². The summed E-state index contributed by atoms with van der Waals surface area (Å²) in [5.41, 5.74) is 3.89. The number of fused-ring (bicyclic) bond motifs is 1. The van der Waals surface area contributed by atoms with E-state index >= 15 is 0 Å². The third-order valence-corrected chi connectivity index (χ3v) is 6.28. The first-order chi connectivity index (χ1) is 17.7. The Morgan fingerprint density at radius 2 is 1.64 bits per heavy atom. The lowest BCUT2D eigenvalue weighted by atomic mass is 10.1. The second kappa shape index (κ2) is 13.4. The molecule has 1 heterocycles. The first-order valence-corrected chi connectivity index (χ1v) is 12.8. The highest BCUT2D eigenvalue weighted by Crippen LogP contribution is 2.24. The molecule has 3 aromatic carbocycles. The molecule has 3 aromatic rings. The summed E-state index contributed by atoms with van der Waals surface area (Å²) in [6.07, 6.45) is 3.58. The molecule has 1 aliphatic heterocycles. The number of ether oxygens (including phenoxy) is 1. The molecule has 0 radical (unpaired) electrons. The Morgan fingerprint density at radius 3 is 2.42 bits per heavy atom. The number of carbonyl (C=O) groups excluding carboxylic acids is 2. The molecule has 6 nitrogen and oxygen atoms in total. The average Bonchev–Trinajstić information content (AvgIpc) is 2.91. The predicted octanol–water partition coefficient (Wildman–Crippen LogP) is 4.34. The van der Waals surface area contributed by atoms with Crippen LogP contribution in [-0.4, -0.2) is 43.0 Å². The Kier molecular flexibility index (Phi) is 9.51. The van der Waals surface area contributed by atoms with Gasteiger partial charge in [0.1, 0.15) is 5.75 Å². The Hall–Kier alpha value is -3.64. The van der Waals surface area contributed by atoms with Gasteiger partial charge in [0.25, 0.3) is 5.91 Å². The fraction of sp³-hybridized carbons (Fsp3) is 0.333. The minimum Gasteiger partial charge on any atom is -0.493 e. The molecule has 0 saturated carbocycles. The Labute approximate surface area is 213 Å². The SMILES string of the molecule is O=C1CN(Cc2ccccc2)Cc2ccc(C(=O)NCCc3ccccc3)cc2OCCCCCN1. The highest BCUT2D eigenvalue weighted by Gasteiger charge is 2.17. The second-order valence-corrected chi connectivity index (χ2v) is 9.20. The lowest BCUT2D eigenvalue weighted by Gasteiger charge is -2.23. The van der Waals surface area contributed by atoms with Crippen LogP contribution in [0.5, 0.6) is 5.75 Å². The van der Waals surface area contributed by atoms with Gasteiger partial charge >= 0.3 is 0 Å². The van der Waals surface area contributed by atoms with Crippen LogP contribution in [0.3, 0.4) is 0 Å². The summed E-state index contributed by atoms with van der Waals surface area (Å²) in [6, 6.07) is 25.9. The Bertz CT molecular complexity index is 1120. The number of nitrogens with zero attached hydrogens (tertiary/aromatic N) is 1. The molecule has 2 N–H and O–H groups in total. The first-order valence-electron chi connectivity index (χ1n) is 12.8. The monoisotopic (exact) mass is 485 g/mol. The molecular formula is C30H35N3O3. The molecule has 0 unspecified atom stereocenters. The zero-order chi connectivity index (χ0) is 25.0. The number of nitrogens with one attached hydrogen (secondary N) is 2. The van der Waals surface area contributed by atoms with Crippen molar-refractivity contribution in [2.75, 3.05) is 26.2 Å². The molecule has 0 atom stereocenters. The molecule has 6 heteroatoms. The van der Waals surface area contributed by atoms with E-state index in [0.717, 1.165) is 36.8 Å². The predicted molar refractivity (Wildman–Crippen MR) is 142 cm³/mol. The first kappa shape index (κ1) is 25.5. The zero-order valence-electron chi connectivity index (χ0n) is 20.7. The van der Waals surface area contributed by atoms with Gasteiger partial charge < -0.3 is 15.4 Å². The standard InChI is InChI=1S/C30H35N3O3/c34-29-23-33(21-25-12-6-2-7-13-25)22-27-15-14-26(20-28(27)36-19-9-3-8-17-31-29)30(35)32-18-16-24-10-4-1-5-11-24/h1-2,4-7,10-15,20H,3,8-9,16-19,21-23H2,(H,31,34)(H,32,35). The van der Waals surface area contributed by atoms with Gasteiger partial charge in [0.15, 0.2) is 0 Å². The summed E-state index contributed by atoms with van der Waals surface area (Å²) in [6.45, 7) is 3.33.